The van der Waals surface area contributed by atoms with E-state index in [2.05, 4.69) is 25.9 Å². The molecule has 2 rings (SSSR count). The first kappa shape index (κ1) is 15.5. The third-order valence-electron chi connectivity index (χ3n) is 2.58. The van der Waals surface area contributed by atoms with Crippen LogP contribution in [0.25, 0.3) is 0 Å². The summed E-state index contributed by atoms with van der Waals surface area (Å²) in [6.45, 7) is 0. The third-order valence-corrected chi connectivity index (χ3v) is 4.17. The number of phenols is 1. The zero-order valence-electron chi connectivity index (χ0n) is 10.9. The number of rotatable bonds is 5. The van der Waals surface area contributed by atoms with Gasteiger partial charge in [0.2, 0.25) is 0 Å². The number of benzene rings is 2. The van der Waals surface area contributed by atoms with E-state index in [4.69, 9.17) is 0 Å². The van der Waals surface area contributed by atoms with Gasteiger partial charge >= 0.3 is 0 Å². The highest BCUT2D eigenvalue weighted by Crippen LogP contribution is 2.19. The van der Waals surface area contributed by atoms with Gasteiger partial charge in [-0.05, 0) is 23.8 Å². The molecule has 7 heteroatoms. The van der Waals surface area contributed by atoms with Gasteiger partial charge in [0.1, 0.15) is 5.75 Å². The fourth-order valence-corrected chi connectivity index (χ4v) is 2.92. The molecule has 0 bridgehead atoms. The summed E-state index contributed by atoms with van der Waals surface area (Å²) in [5.41, 5.74) is 1.08. The quantitative estimate of drug-likeness (QED) is 0.628. The fraction of sp³-hybridized carbons (Fsp3) is 0.0714. The van der Waals surface area contributed by atoms with Crippen molar-refractivity contribution in [2.45, 2.75) is 5.75 Å². The first-order valence-electron chi connectivity index (χ1n) is 6.01. The van der Waals surface area contributed by atoms with Crippen LogP contribution in [0, 0.1) is 0 Å². The summed E-state index contributed by atoms with van der Waals surface area (Å²) in [6, 6.07) is 13.6. The van der Waals surface area contributed by atoms with E-state index >= 15 is 0 Å². The SMILES string of the molecule is O=S(=O)(Cc1ccccc1)NN=Cc1cc(Br)ccc1O. The molecule has 5 nitrogen and oxygen atoms in total. The predicted molar refractivity (Wildman–Crippen MR) is 85.6 cm³/mol. The van der Waals surface area contributed by atoms with E-state index in [1.807, 2.05) is 6.07 Å². The number of phenolic OH excluding ortho intramolecular Hbond substituents is 1. The standard InChI is InChI=1S/C14H13BrN2O3S/c15-13-6-7-14(18)12(8-13)9-16-17-21(19,20)10-11-4-2-1-3-5-11/h1-9,17-18H,10H2. The van der Waals surface area contributed by atoms with Gasteiger partial charge < -0.3 is 5.11 Å². The zero-order chi connectivity index (χ0) is 15.3. The summed E-state index contributed by atoms with van der Waals surface area (Å²) in [6.07, 6.45) is 1.25. The minimum atomic E-state index is -3.57. The highest BCUT2D eigenvalue weighted by Gasteiger charge is 2.09. The molecule has 0 atom stereocenters. The van der Waals surface area contributed by atoms with Gasteiger partial charge in [0, 0.05) is 10.0 Å². The van der Waals surface area contributed by atoms with Gasteiger partial charge in [-0.15, -0.1) is 0 Å². The Morgan fingerprint density at radius 3 is 2.62 bits per heavy atom. The van der Waals surface area contributed by atoms with Crippen molar-refractivity contribution in [2.75, 3.05) is 0 Å². The van der Waals surface area contributed by atoms with Gasteiger partial charge in [0.15, 0.2) is 0 Å². The maximum Gasteiger partial charge on any atom is 0.251 e. The normalized spacial score (nSPS) is 11.7. The fourth-order valence-electron chi connectivity index (χ4n) is 1.63. The molecule has 0 aliphatic carbocycles. The van der Waals surface area contributed by atoms with Crippen LogP contribution in [0.1, 0.15) is 11.1 Å². The second kappa shape index (κ2) is 6.73. The van der Waals surface area contributed by atoms with Crippen molar-refractivity contribution in [3.63, 3.8) is 0 Å². The molecule has 0 aliphatic heterocycles. The Labute approximate surface area is 131 Å². The van der Waals surface area contributed by atoms with Gasteiger partial charge in [-0.25, -0.2) is 13.2 Å². The van der Waals surface area contributed by atoms with Crippen molar-refractivity contribution < 1.29 is 13.5 Å². The molecule has 0 fully saturated rings. The molecule has 0 amide bonds. The Bertz CT molecular complexity index is 746. The largest absolute Gasteiger partial charge is 0.507 e. The smallest absolute Gasteiger partial charge is 0.251 e. The molecular weight excluding hydrogens is 356 g/mol. The van der Waals surface area contributed by atoms with Gasteiger partial charge in [-0.3, -0.25) is 0 Å². The minimum absolute atomic E-state index is 0.0178. The topological polar surface area (TPSA) is 78.8 Å². The Morgan fingerprint density at radius 1 is 1.19 bits per heavy atom. The van der Waals surface area contributed by atoms with Crippen LogP contribution in [-0.2, 0) is 15.8 Å². The molecule has 0 unspecified atom stereocenters. The number of hydrogen-bond donors (Lipinski definition) is 2. The molecule has 0 radical (unpaired) electrons. The van der Waals surface area contributed by atoms with Crippen LogP contribution in [0.5, 0.6) is 5.75 Å². The molecule has 0 aromatic heterocycles. The molecule has 0 saturated carbocycles. The lowest BCUT2D eigenvalue weighted by atomic mass is 10.2. The number of aromatic hydroxyl groups is 1. The third kappa shape index (κ3) is 4.87. The van der Waals surface area contributed by atoms with Gasteiger partial charge in [-0.2, -0.15) is 5.10 Å². The molecule has 2 aromatic rings. The average Bonchev–Trinajstić information content (AvgIpc) is 2.43. The minimum Gasteiger partial charge on any atom is -0.507 e. The van der Waals surface area contributed by atoms with Crippen LogP contribution < -0.4 is 4.83 Å². The summed E-state index contributed by atoms with van der Waals surface area (Å²) < 4.78 is 24.4. The van der Waals surface area contributed by atoms with Crippen LogP contribution in [0.2, 0.25) is 0 Å². The maximum atomic E-state index is 11.8. The van der Waals surface area contributed by atoms with E-state index in [0.29, 0.717) is 11.1 Å². The summed E-state index contributed by atoms with van der Waals surface area (Å²) in [5.74, 6) is -0.139. The van der Waals surface area contributed by atoms with Gasteiger partial charge in [0.25, 0.3) is 10.0 Å². The number of sulfonamides is 1. The molecule has 21 heavy (non-hydrogen) atoms. The second-order valence-electron chi connectivity index (χ2n) is 4.30. The molecule has 110 valence electrons. The molecule has 0 spiro atoms. The van der Waals surface area contributed by atoms with Crippen molar-refractivity contribution in [3.8, 4) is 5.75 Å². The van der Waals surface area contributed by atoms with E-state index in [-0.39, 0.29) is 11.5 Å². The number of hydrazone groups is 1. The van der Waals surface area contributed by atoms with E-state index in [9.17, 15) is 13.5 Å². The van der Waals surface area contributed by atoms with Crippen molar-refractivity contribution in [2.24, 2.45) is 5.10 Å². The zero-order valence-corrected chi connectivity index (χ0v) is 13.3. The highest BCUT2D eigenvalue weighted by molar-refractivity contribution is 9.10. The van der Waals surface area contributed by atoms with E-state index in [1.54, 1.807) is 36.4 Å². The molecule has 0 aliphatic rings. The van der Waals surface area contributed by atoms with Crippen LogP contribution in [0.4, 0.5) is 0 Å². The van der Waals surface area contributed by atoms with Crippen LogP contribution >= 0.6 is 15.9 Å². The predicted octanol–water partition coefficient (Wildman–Crippen LogP) is 2.61. The molecule has 2 aromatic carbocycles. The van der Waals surface area contributed by atoms with Crippen LogP contribution in [0.3, 0.4) is 0 Å². The summed E-state index contributed by atoms with van der Waals surface area (Å²) in [7, 11) is -3.57. The van der Waals surface area contributed by atoms with Gasteiger partial charge in [0.05, 0.1) is 12.0 Å². The maximum absolute atomic E-state index is 11.8. The van der Waals surface area contributed by atoms with E-state index < -0.39 is 10.0 Å². The second-order valence-corrected chi connectivity index (χ2v) is 6.91. The van der Waals surface area contributed by atoms with E-state index in [1.165, 1.54) is 12.3 Å². The Balaban J connectivity index is 2.04. The van der Waals surface area contributed by atoms with E-state index in [0.717, 1.165) is 4.47 Å². The molecule has 2 N–H and O–H groups in total. The number of nitrogens with zero attached hydrogens (tertiary/aromatic N) is 1. The monoisotopic (exact) mass is 368 g/mol. The summed E-state index contributed by atoms with van der Waals surface area (Å²) >= 11 is 3.26. The average molecular weight is 369 g/mol. The number of hydrogen-bond acceptors (Lipinski definition) is 4. The summed E-state index contributed by atoms with van der Waals surface area (Å²) in [5, 5.41) is 13.3. The lowest BCUT2D eigenvalue weighted by molar-refractivity contribution is 0.474. The summed E-state index contributed by atoms with van der Waals surface area (Å²) in [4.78, 5) is 2.12. The lowest BCUT2D eigenvalue weighted by Crippen LogP contribution is -2.20. The molecule has 0 saturated heterocycles. The van der Waals surface area contributed by atoms with Crippen LogP contribution in [-0.4, -0.2) is 19.7 Å². The Kier molecular flexibility index (Phi) is 4.98. The first-order chi connectivity index (χ1) is 9.96. The molecular formula is C14H13BrN2O3S. The first-order valence-corrected chi connectivity index (χ1v) is 8.46. The van der Waals surface area contributed by atoms with Crippen molar-refractivity contribution in [1.82, 2.24) is 4.83 Å². The molecule has 0 heterocycles. The lowest BCUT2D eigenvalue weighted by Gasteiger charge is -2.03. The van der Waals surface area contributed by atoms with Crippen molar-refractivity contribution in [1.29, 1.82) is 0 Å². The highest BCUT2D eigenvalue weighted by atomic mass is 79.9. The van der Waals surface area contributed by atoms with Crippen molar-refractivity contribution in [3.05, 3.63) is 64.1 Å². The Hall–Kier alpha value is -1.86. The van der Waals surface area contributed by atoms with Crippen molar-refractivity contribution >= 4 is 32.2 Å². The number of halogens is 1. The van der Waals surface area contributed by atoms with Crippen LogP contribution in [0.15, 0.2) is 58.1 Å². The Morgan fingerprint density at radius 2 is 1.90 bits per heavy atom. The van der Waals surface area contributed by atoms with Gasteiger partial charge in [-0.1, -0.05) is 46.3 Å². The number of nitrogens with one attached hydrogen (secondary N) is 1.